The van der Waals surface area contributed by atoms with Crippen molar-refractivity contribution in [2.45, 2.75) is 18.2 Å². The maximum absolute atomic E-state index is 12.1. The number of hydrogen-bond acceptors (Lipinski definition) is 6. The third-order valence-corrected chi connectivity index (χ3v) is 5.66. The largest absolute Gasteiger partial charge is 0.461 e. The Morgan fingerprint density at radius 2 is 1.74 bits per heavy atom. The second-order valence-corrected chi connectivity index (χ2v) is 8.19. The van der Waals surface area contributed by atoms with Crippen LogP contribution in [0.15, 0.2) is 71.8 Å². The summed E-state index contributed by atoms with van der Waals surface area (Å²) in [6, 6.07) is 16.4. The number of benzene rings is 2. The van der Waals surface area contributed by atoms with Gasteiger partial charge in [0.2, 0.25) is 15.9 Å². The van der Waals surface area contributed by atoms with E-state index in [0.717, 1.165) is 0 Å². The number of carbonyl (C=O) groups excluding carboxylic acids is 2. The lowest BCUT2D eigenvalue weighted by molar-refractivity contribution is -0.116. The first kappa shape index (κ1) is 22.2. The molecule has 2 N–H and O–H groups in total. The van der Waals surface area contributed by atoms with Crippen molar-refractivity contribution in [3.8, 4) is 5.69 Å². The van der Waals surface area contributed by atoms with Crippen molar-refractivity contribution in [2.75, 3.05) is 18.5 Å². The quantitative estimate of drug-likeness (QED) is 0.491. The van der Waals surface area contributed by atoms with Crippen LogP contribution in [-0.2, 0) is 19.6 Å². The third kappa shape index (κ3) is 6.00. The molecule has 0 saturated heterocycles. The van der Waals surface area contributed by atoms with Gasteiger partial charge in [-0.25, -0.2) is 22.6 Å². The summed E-state index contributed by atoms with van der Waals surface area (Å²) in [6.07, 6.45) is 1.62. The highest BCUT2D eigenvalue weighted by Gasteiger charge is 2.14. The fourth-order valence-electron chi connectivity index (χ4n) is 2.68. The van der Waals surface area contributed by atoms with Gasteiger partial charge in [0.1, 0.15) is 0 Å². The van der Waals surface area contributed by atoms with Crippen molar-refractivity contribution in [2.24, 2.45) is 0 Å². The Morgan fingerprint density at radius 1 is 1.03 bits per heavy atom. The van der Waals surface area contributed by atoms with Crippen molar-refractivity contribution < 1.29 is 22.7 Å². The van der Waals surface area contributed by atoms with Gasteiger partial charge in [0.25, 0.3) is 0 Å². The number of nitrogens with zero attached hydrogens (tertiary/aromatic N) is 2. The monoisotopic (exact) mass is 442 g/mol. The minimum Gasteiger partial charge on any atom is -0.461 e. The molecule has 0 spiro atoms. The van der Waals surface area contributed by atoms with Gasteiger partial charge < -0.3 is 10.1 Å². The summed E-state index contributed by atoms with van der Waals surface area (Å²) in [6.45, 7) is 1.97. The van der Waals surface area contributed by atoms with Crippen molar-refractivity contribution in [1.29, 1.82) is 0 Å². The summed E-state index contributed by atoms with van der Waals surface area (Å²) in [5, 5.41) is 6.88. The van der Waals surface area contributed by atoms with E-state index in [0.29, 0.717) is 11.4 Å². The molecule has 0 saturated carbocycles. The minimum absolute atomic E-state index is 0.0180. The molecule has 31 heavy (non-hydrogen) atoms. The molecule has 0 fully saturated rings. The van der Waals surface area contributed by atoms with Crippen LogP contribution in [0.2, 0.25) is 0 Å². The molecular formula is C21H22N4O5S. The standard InChI is InChI=1S/C21H22N4O5S/c1-2-30-21(27)19-13-15-25(24-19)17-10-8-16(9-11-17)23-20(26)12-14-22-31(28,29)18-6-4-3-5-7-18/h3-11,13,15,22H,2,12,14H2,1H3,(H,23,26). The van der Waals surface area contributed by atoms with E-state index in [4.69, 9.17) is 4.74 Å². The Morgan fingerprint density at radius 3 is 2.42 bits per heavy atom. The van der Waals surface area contributed by atoms with Gasteiger partial charge in [0, 0.05) is 24.8 Å². The number of aromatic nitrogens is 2. The fourth-order valence-corrected chi connectivity index (χ4v) is 3.74. The summed E-state index contributed by atoms with van der Waals surface area (Å²) in [7, 11) is -3.65. The minimum atomic E-state index is -3.65. The maximum Gasteiger partial charge on any atom is 0.358 e. The molecule has 9 nitrogen and oxygen atoms in total. The first-order valence-electron chi connectivity index (χ1n) is 9.57. The van der Waals surface area contributed by atoms with Gasteiger partial charge in [-0.15, -0.1) is 0 Å². The number of carbonyl (C=O) groups is 2. The molecule has 1 heterocycles. The van der Waals surface area contributed by atoms with Crippen LogP contribution in [0.5, 0.6) is 0 Å². The average Bonchev–Trinajstić information content (AvgIpc) is 3.25. The maximum atomic E-state index is 12.1. The molecule has 0 aliphatic carbocycles. The number of esters is 1. The van der Waals surface area contributed by atoms with Crippen molar-refractivity contribution in [1.82, 2.24) is 14.5 Å². The first-order chi connectivity index (χ1) is 14.9. The molecule has 3 aromatic rings. The highest BCUT2D eigenvalue weighted by Crippen LogP contribution is 2.14. The van der Waals surface area contributed by atoms with Crippen LogP contribution in [0.1, 0.15) is 23.8 Å². The number of nitrogens with one attached hydrogen (secondary N) is 2. The number of sulfonamides is 1. The molecule has 0 atom stereocenters. The van der Waals surface area contributed by atoms with Crippen LogP contribution >= 0.6 is 0 Å². The van der Waals surface area contributed by atoms with Crippen molar-refractivity contribution >= 4 is 27.6 Å². The molecular weight excluding hydrogens is 420 g/mol. The van der Waals surface area contributed by atoms with Gasteiger partial charge >= 0.3 is 5.97 Å². The van der Waals surface area contributed by atoms with Gasteiger partial charge in [0.05, 0.1) is 17.2 Å². The van der Waals surface area contributed by atoms with Crippen LogP contribution in [-0.4, -0.2) is 43.2 Å². The number of rotatable bonds is 9. The summed E-state index contributed by atoms with van der Waals surface area (Å²) < 4.78 is 33.1. The Hall–Kier alpha value is -3.50. The molecule has 0 aliphatic heterocycles. The molecule has 0 bridgehead atoms. The molecule has 0 aliphatic rings. The SMILES string of the molecule is CCOC(=O)c1ccn(-c2ccc(NC(=O)CCNS(=O)(=O)c3ccccc3)cc2)n1. The molecule has 0 radical (unpaired) electrons. The predicted molar refractivity (Wildman–Crippen MR) is 114 cm³/mol. The number of anilines is 1. The zero-order valence-electron chi connectivity index (χ0n) is 16.8. The van der Waals surface area contributed by atoms with E-state index in [9.17, 15) is 18.0 Å². The van der Waals surface area contributed by atoms with Crippen LogP contribution < -0.4 is 10.0 Å². The zero-order chi connectivity index (χ0) is 22.3. The topological polar surface area (TPSA) is 119 Å². The number of hydrogen-bond donors (Lipinski definition) is 2. The Balaban J connectivity index is 1.52. The Bertz CT molecular complexity index is 1140. The van der Waals surface area contributed by atoms with E-state index >= 15 is 0 Å². The molecule has 2 aromatic carbocycles. The van der Waals surface area contributed by atoms with Crippen LogP contribution in [0.3, 0.4) is 0 Å². The van der Waals surface area contributed by atoms with Crippen molar-refractivity contribution in [3.63, 3.8) is 0 Å². The van der Waals surface area contributed by atoms with Gasteiger partial charge in [-0.05, 0) is 49.4 Å². The van der Waals surface area contributed by atoms with E-state index in [2.05, 4.69) is 15.1 Å². The number of ether oxygens (including phenoxy) is 1. The highest BCUT2D eigenvalue weighted by molar-refractivity contribution is 7.89. The summed E-state index contributed by atoms with van der Waals surface area (Å²) >= 11 is 0. The van der Waals surface area contributed by atoms with E-state index in [-0.39, 0.29) is 36.1 Å². The summed E-state index contributed by atoms with van der Waals surface area (Å²) in [5.74, 6) is -0.819. The van der Waals surface area contributed by atoms with Gasteiger partial charge in [-0.1, -0.05) is 18.2 Å². The predicted octanol–water partition coefficient (Wildman–Crippen LogP) is 2.36. The Labute approximate surface area is 180 Å². The third-order valence-electron chi connectivity index (χ3n) is 4.19. The van der Waals surface area contributed by atoms with Gasteiger partial charge in [-0.3, -0.25) is 4.79 Å². The van der Waals surface area contributed by atoms with E-state index in [1.54, 1.807) is 61.7 Å². The summed E-state index contributed by atoms with van der Waals surface area (Å²) in [5.41, 5.74) is 1.46. The molecule has 10 heteroatoms. The summed E-state index contributed by atoms with van der Waals surface area (Å²) in [4.78, 5) is 24.0. The van der Waals surface area contributed by atoms with Crippen molar-refractivity contribution in [3.05, 3.63) is 72.6 Å². The van der Waals surface area contributed by atoms with Gasteiger partial charge in [-0.2, -0.15) is 5.10 Å². The molecule has 162 valence electrons. The highest BCUT2D eigenvalue weighted by atomic mass is 32.2. The lowest BCUT2D eigenvalue weighted by Gasteiger charge is -2.08. The first-order valence-corrected chi connectivity index (χ1v) is 11.0. The molecule has 1 amide bonds. The molecule has 1 aromatic heterocycles. The fraction of sp³-hybridized carbons (Fsp3) is 0.190. The second-order valence-electron chi connectivity index (χ2n) is 6.42. The molecule has 3 rings (SSSR count). The lowest BCUT2D eigenvalue weighted by Crippen LogP contribution is -2.27. The van der Waals surface area contributed by atoms with Crippen LogP contribution in [0.25, 0.3) is 5.69 Å². The molecule has 0 unspecified atom stereocenters. The Kier molecular flexibility index (Phi) is 7.16. The lowest BCUT2D eigenvalue weighted by atomic mass is 10.2. The smallest absolute Gasteiger partial charge is 0.358 e. The van der Waals surface area contributed by atoms with E-state index in [1.807, 2.05) is 0 Å². The number of amides is 1. The van der Waals surface area contributed by atoms with Crippen LogP contribution in [0.4, 0.5) is 5.69 Å². The van der Waals surface area contributed by atoms with Crippen LogP contribution in [0, 0.1) is 0 Å². The van der Waals surface area contributed by atoms with E-state index < -0.39 is 16.0 Å². The van der Waals surface area contributed by atoms with Gasteiger partial charge in [0.15, 0.2) is 5.69 Å². The van der Waals surface area contributed by atoms with E-state index in [1.165, 1.54) is 16.8 Å². The normalized spacial score (nSPS) is 11.1. The second kappa shape index (κ2) is 10.0. The zero-order valence-corrected chi connectivity index (χ0v) is 17.6. The average molecular weight is 442 g/mol.